The lowest BCUT2D eigenvalue weighted by molar-refractivity contribution is 0.133. The Kier molecular flexibility index (Phi) is 4.73. The smallest absolute Gasteiger partial charge is 0.308 e. The number of nitrogens with zero attached hydrogens (tertiary/aromatic N) is 3. The predicted molar refractivity (Wildman–Crippen MR) is 114 cm³/mol. The van der Waals surface area contributed by atoms with Gasteiger partial charge in [-0.1, -0.05) is 12.5 Å². The van der Waals surface area contributed by atoms with Crippen LogP contribution in [0.2, 0.25) is 0 Å². The van der Waals surface area contributed by atoms with Gasteiger partial charge in [0.05, 0.1) is 11.6 Å². The molecular formula is C24H26N4O. The third kappa shape index (κ3) is 3.49. The van der Waals surface area contributed by atoms with Crippen molar-refractivity contribution in [1.29, 1.82) is 5.26 Å². The van der Waals surface area contributed by atoms with E-state index in [-0.39, 0.29) is 6.03 Å². The maximum Gasteiger partial charge on any atom is 0.326 e. The summed E-state index contributed by atoms with van der Waals surface area (Å²) in [4.78, 5) is 17.3. The summed E-state index contributed by atoms with van der Waals surface area (Å²) in [5.74, 6) is 0. The molecule has 0 atom stereocenters. The largest absolute Gasteiger partial charge is 0.326 e. The predicted octanol–water partition coefficient (Wildman–Crippen LogP) is 4.11. The Morgan fingerprint density at radius 1 is 0.966 bits per heavy atom. The van der Waals surface area contributed by atoms with E-state index in [1.165, 1.54) is 30.4 Å². The first-order valence-electron chi connectivity index (χ1n) is 10.7. The van der Waals surface area contributed by atoms with Crippen molar-refractivity contribution in [2.75, 3.05) is 29.9 Å². The minimum absolute atomic E-state index is 0.0990. The van der Waals surface area contributed by atoms with Gasteiger partial charge in [-0.15, -0.1) is 0 Å². The molecule has 3 aliphatic rings. The first kappa shape index (κ1) is 18.2. The van der Waals surface area contributed by atoms with Gasteiger partial charge in [0, 0.05) is 37.1 Å². The number of hydrogen-bond donors (Lipinski definition) is 1. The molecule has 0 aromatic heterocycles. The van der Waals surface area contributed by atoms with Gasteiger partial charge >= 0.3 is 6.03 Å². The van der Waals surface area contributed by atoms with Crippen LogP contribution in [0.5, 0.6) is 0 Å². The summed E-state index contributed by atoms with van der Waals surface area (Å²) in [5.41, 5.74) is 6.27. The maximum atomic E-state index is 12.9. The molecule has 5 nitrogen and oxygen atoms in total. The normalized spacial score (nSPS) is 18.9. The third-order valence-electron chi connectivity index (χ3n) is 6.73. The summed E-state index contributed by atoms with van der Waals surface area (Å²) in [5, 5.41) is 12.2. The molecule has 148 valence electrons. The molecule has 29 heavy (non-hydrogen) atoms. The van der Waals surface area contributed by atoms with Gasteiger partial charge in [0.2, 0.25) is 0 Å². The number of nitrogens with one attached hydrogen (secondary N) is 1. The molecule has 1 fully saturated rings. The Labute approximate surface area is 171 Å². The van der Waals surface area contributed by atoms with Gasteiger partial charge in [0.1, 0.15) is 0 Å². The molecule has 2 aromatic carbocycles. The second kappa shape index (κ2) is 7.53. The van der Waals surface area contributed by atoms with E-state index in [2.05, 4.69) is 28.4 Å². The van der Waals surface area contributed by atoms with Crippen LogP contribution in [0.4, 0.5) is 16.2 Å². The molecule has 1 N–H and O–H groups in total. The molecule has 1 saturated carbocycles. The van der Waals surface area contributed by atoms with Gasteiger partial charge in [-0.25, -0.2) is 4.79 Å². The van der Waals surface area contributed by atoms with Crippen LogP contribution in [-0.2, 0) is 19.3 Å². The molecule has 1 aliphatic carbocycles. The van der Waals surface area contributed by atoms with Gasteiger partial charge in [-0.05, 0) is 79.1 Å². The van der Waals surface area contributed by atoms with Crippen molar-refractivity contribution in [2.45, 2.75) is 44.6 Å². The van der Waals surface area contributed by atoms with E-state index < -0.39 is 0 Å². The topological polar surface area (TPSA) is 59.4 Å². The minimum Gasteiger partial charge on any atom is -0.308 e. The van der Waals surface area contributed by atoms with Crippen molar-refractivity contribution < 1.29 is 4.79 Å². The van der Waals surface area contributed by atoms with Crippen molar-refractivity contribution in [3.05, 3.63) is 58.7 Å². The summed E-state index contributed by atoms with van der Waals surface area (Å²) in [7, 11) is 0. The summed E-state index contributed by atoms with van der Waals surface area (Å²) >= 11 is 0. The number of anilines is 2. The van der Waals surface area contributed by atoms with Gasteiger partial charge in [0.25, 0.3) is 0 Å². The Morgan fingerprint density at radius 2 is 1.76 bits per heavy atom. The molecule has 2 aromatic rings. The third-order valence-corrected chi connectivity index (χ3v) is 6.73. The fraction of sp³-hybridized carbons (Fsp3) is 0.417. The second-order valence-corrected chi connectivity index (χ2v) is 8.39. The molecule has 2 aliphatic heterocycles. The molecule has 0 bridgehead atoms. The molecule has 0 unspecified atom stereocenters. The number of rotatable bonds is 2. The molecule has 0 saturated heterocycles. The SMILES string of the molecule is N#Cc1ccc2c(c1)CCN2C(=O)Nc1ccc2c(c1)CCN(C1CCC1)CC2. The van der Waals surface area contributed by atoms with E-state index in [0.29, 0.717) is 12.1 Å². The first-order valence-corrected chi connectivity index (χ1v) is 10.7. The standard InChI is InChI=1S/C24H26N4O/c25-16-17-4-7-23-20(14-17)10-13-28(23)24(29)26-21-6-5-18-8-11-27(22-2-1-3-22)12-9-19(18)15-21/h4-7,14-15,22H,1-3,8-13H2,(H,26,29). The van der Waals surface area contributed by atoms with Crippen LogP contribution in [0.25, 0.3) is 0 Å². The maximum absolute atomic E-state index is 12.9. The fourth-order valence-corrected chi connectivity index (χ4v) is 4.81. The van der Waals surface area contributed by atoms with Crippen molar-refractivity contribution in [3.63, 3.8) is 0 Å². The summed E-state index contributed by atoms with van der Waals surface area (Å²) in [6, 6.07) is 14.8. The lowest BCUT2D eigenvalue weighted by Gasteiger charge is -2.36. The highest BCUT2D eigenvalue weighted by molar-refractivity contribution is 6.03. The number of benzene rings is 2. The highest BCUT2D eigenvalue weighted by Gasteiger charge is 2.27. The number of carbonyl (C=O) groups excluding carboxylic acids is 1. The Morgan fingerprint density at radius 3 is 2.52 bits per heavy atom. The van der Waals surface area contributed by atoms with E-state index in [1.54, 1.807) is 11.0 Å². The van der Waals surface area contributed by atoms with Gasteiger partial charge < -0.3 is 5.32 Å². The summed E-state index contributed by atoms with van der Waals surface area (Å²) in [6.07, 6.45) is 7.02. The molecule has 2 heterocycles. The van der Waals surface area contributed by atoms with E-state index in [0.717, 1.165) is 55.3 Å². The Balaban J connectivity index is 1.28. The van der Waals surface area contributed by atoms with Crippen LogP contribution >= 0.6 is 0 Å². The van der Waals surface area contributed by atoms with Crippen molar-refractivity contribution in [3.8, 4) is 6.07 Å². The Hall–Kier alpha value is -2.84. The lowest BCUT2D eigenvalue weighted by Crippen LogP contribution is -2.41. The van der Waals surface area contributed by atoms with Crippen molar-refractivity contribution >= 4 is 17.4 Å². The number of carbonyl (C=O) groups is 1. The van der Waals surface area contributed by atoms with E-state index in [1.807, 2.05) is 18.2 Å². The molecule has 0 spiro atoms. The molecule has 5 rings (SSSR count). The number of fused-ring (bicyclic) bond motifs is 2. The number of amides is 2. The summed E-state index contributed by atoms with van der Waals surface area (Å²) in [6.45, 7) is 2.92. The quantitative estimate of drug-likeness (QED) is 0.845. The average Bonchev–Trinajstić information content (AvgIpc) is 3.02. The van der Waals surface area contributed by atoms with Crippen LogP contribution in [0, 0.1) is 11.3 Å². The monoisotopic (exact) mass is 386 g/mol. The van der Waals surface area contributed by atoms with Gasteiger partial charge in [0.15, 0.2) is 0 Å². The van der Waals surface area contributed by atoms with Crippen LogP contribution in [0.3, 0.4) is 0 Å². The number of nitriles is 1. The number of hydrogen-bond acceptors (Lipinski definition) is 3. The molecule has 2 amide bonds. The lowest BCUT2D eigenvalue weighted by atomic mass is 9.91. The van der Waals surface area contributed by atoms with Crippen LogP contribution < -0.4 is 10.2 Å². The highest BCUT2D eigenvalue weighted by atomic mass is 16.2. The van der Waals surface area contributed by atoms with E-state index in [9.17, 15) is 4.79 Å². The van der Waals surface area contributed by atoms with E-state index in [4.69, 9.17) is 5.26 Å². The van der Waals surface area contributed by atoms with Crippen LogP contribution in [-0.4, -0.2) is 36.6 Å². The first-order chi connectivity index (χ1) is 14.2. The molecular weight excluding hydrogens is 360 g/mol. The molecule has 5 heteroatoms. The van der Waals surface area contributed by atoms with Crippen molar-refractivity contribution in [2.24, 2.45) is 0 Å². The highest BCUT2D eigenvalue weighted by Crippen LogP contribution is 2.31. The van der Waals surface area contributed by atoms with Gasteiger partial charge in [-0.2, -0.15) is 5.26 Å². The zero-order chi connectivity index (χ0) is 19.8. The summed E-state index contributed by atoms with van der Waals surface area (Å²) < 4.78 is 0. The van der Waals surface area contributed by atoms with Gasteiger partial charge in [-0.3, -0.25) is 9.80 Å². The Bertz CT molecular complexity index is 989. The zero-order valence-electron chi connectivity index (χ0n) is 16.7. The second-order valence-electron chi connectivity index (χ2n) is 8.39. The van der Waals surface area contributed by atoms with E-state index >= 15 is 0 Å². The fourth-order valence-electron chi connectivity index (χ4n) is 4.81. The zero-order valence-corrected chi connectivity index (χ0v) is 16.7. The minimum atomic E-state index is -0.0990. The average molecular weight is 386 g/mol. The van der Waals surface area contributed by atoms with Crippen LogP contribution in [0.1, 0.15) is 41.5 Å². The van der Waals surface area contributed by atoms with Crippen LogP contribution in [0.15, 0.2) is 36.4 Å². The number of urea groups is 1. The van der Waals surface area contributed by atoms with Crippen molar-refractivity contribution in [1.82, 2.24) is 4.90 Å². The molecule has 0 radical (unpaired) electrons.